The molecule has 5 aromatic rings. The Balaban J connectivity index is 1.39. The summed E-state index contributed by atoms with van der Waals surface area (Å²) < 4.78 is 7.27. The molecule has 0 saturated carbocycles. The Hall–Kier alpha value is -3.91. The first kappa shape index (κ1) is 27.0. The first-order valence-electron chi connectivity index (χ1n) is 13.9. The van der Waals surface area contributed by atoms with Crippen molar-refractivity contribution in [1.82, 2.24) is 19.5 Å². The second kappa shape index (κ2) is 9.83. The van der Waals surface area contributed by atoms with E-state index in [2.05, 4.69) is 26.3 Å². The van der Waals surface area contributed by atoms with Crippen LogP contribution in [0.4, 0.5) is 5.95 Å². The average molecular weight is 574 g/mol. The molecule has 1 fully saturated rings. The van der Waals surface area contributed by atoms with Crippen molar-refractivity contribution in [3.05, 3.63) is 75.3 Å². The Labute approximate surface area is 238 Å². The van der Waals surface area contributed by atoms with Gasteiger partial charge in [-0.15, -0.1) is 0 Å². The van der Waals surface area contributed by atoms with Crippen LogP contribution in [0.2, 0.25) is 0 Å². The van der Waals surface area contributed by atoms with Crippen LogP contribution < -0.4 is 10.9 Å². The highest BCUT2D eigenvalue weighted by atomic mass is 16.5. The van der Waals surface area contributed by atoms with Gasteiger partial charge in [-0.1, -0.05) is 36.4 Å². The van der Waals surface area contributed by atoms with Gasteiger partial charge in [-0.3, -0.25) is 14.3 Å². The van der Waals surface area contributed by atoms with Gasteiger partial charge in [-0.05, 0) is 57.6 Å². The number of anilines is 1. The molecule has 4 unspecified atom stereocenters. The number of hydrogen-bond donors (Lipinski definition) is 7. The van der Waals surface area contributed by atoms with Gasteiger partial charge >= 0.3 is 0 Å². The fourth-order valence-corrected chi connectivity index (χ4v) is 6.59. The van der Waals surface area contributed by atoms with E-state index in [1.807, 2.05) is 38.1 Å². The molecular formula is C30H31N5O7. The topological polar surface area (TPSA) is 186 Å². The van der Waals surface area contributed by atoms with E-state index in [1.54, 1.807) is 6.07 Å². The number of aryl methyl sites for hydroxylation is 2. The number of aliphatic hydroxyl groups is 5. The molecule has 1 aliphatic heterocycles. The van der Waals surface area contributed by atoms with Gasteiger partial charge < -0.3 is 35.6 Å². The second-order valence-corrected chi connectivity index (χ2v) is 11.2. The fourth-order valence-electron chi connectivity index (χ4n) is 6.59. The maximum absolute atomic E-state index is 13.1. The lowest BCUT2D eigenvalue weighted by molar-refractivity contribution is -0.0767. The van der Waals surface area contributed by atoms with Crippen LogP contribution in [-0.2, 0) is 4.74 Å². The highest BCUT2D eigenvalue weighted by Gasteiger charge is 2.42. The minimum absolute atomic E-state index is 0.0114. The van der Waals surface area contributed by atoms with Crippen LogP contribution in [0.3, 0.4) is 0 Å². The summed E-state index contributed by atoms with van der Waals surface area (Å²) in [6.45, 7) is 3.66. The largest absolute Gasteiger partial charge is 0.394 e. The number of aliphatic hydroxyl groups excluding tert-OH is 5. The number of nitrogens with zero attached hydrogens (tertiary/aromatic N) is 3. The minimum Gasteiger partial charge on any atom is -0.394 e. The number of benzene rings is 3. The number of aromatic amines is 1. The highest BCUT2D eigenvalue weighted by molar-refractivity contribution is 6.12. The Morgan fingerprint density at radius 2 is 1.79 bits per heavy atom. The zero-order chi connectivity index (χ0) is 29.4. The third-order valence-electron chi connectivity index (χ3n) is 8.90. The number of H-pyrrole nitrogens is 1. The summed E-state index contributed by atoms with van der Waals surface area (Å²) in [4.78, 5) is 24.5. The van der Waals surface area contributed by atoms with Gasteiger partial charge in [0.2, 0.25) is 5.95 Å². The first-order chi connectivity index (χ1) is 20.2. The van der Waals surface area contributed by atoms with E-state index in [4.69, 9.17) is 4.74 Å². The van der Waals surface area contributed by atoms with E-state index >= 15 is 0 Å². The van der Waals surface area contributed by atoms with Crippen LogP contribution in [0.25, 0.3) is 32.7 Å². The number of rotatable bonds is 4. The minimum atomic E-state index is -1.50. The zero-order valence-electron chi connectivity index (χ0n) is 22.9. The monoisotopic (exact) mass is 573 g/mol. The molecule has 3 heterocycles. The van der Waals surface area contributed by atoms with E-state index in [0.717, 1.165) is 32.7 Å². The van der Waals surface area contributed by atoms with Crippen molar-refractivity contribution in [2.45, 2.75) is 63.1 Å². The van der Waals surface area contributed by atoms with Crippen LogP contribution >= 0.6 is 0 Å². The van der Waals surface area contributed by atoms with Crippen LogP contribution in [-0.4, -0.2) is 76.1 Å². The lowest BCUT2D eigenvalue weighted by atomic mass is 9.77. The fraction of sp³-hybridized carbons (Fsp3) is 0.367. The first-order valence-corrected chi connectivity index (χ1v) is 13.9. The number of aromatic nitrogens is 4. The van der Waals surface area contributed by atoms with Gasteiger partial charge in [0.05, 0.1) is 25.1 Å². The predicted octanol–water partition coefficient (Wildman–Crippen LogP) is 1.61. The quantitative estimate of drug-likeness (QED) is 0.156. The van der Waals surface area contributed by atoms with E-state index < -0.39 is 48.3 Å². The van der Waals surface area contributed by atoms with Crippen molar-refractivity contribution in [2.24, 2.45) is 0 Å². The number of hydrogen-bond acceptors (Lipinski definition) is 10. The molecule has 2 aliphatic rings. The summed E-state index contributed by atoms with van der Waals surface area (Å²) >= 11 is 0. The molecule has 0 amide bonds. The summed E-state index contributed by atoms with van der Waals surface area (Å²) in [5, 5.41) is 59.9. The normalized spacial score (nSPS) is 27.6. The van der Waals surface area contributed by atoms with Crippen LogP contribution in [0, 0.1) is 13.8 Å². The molecule has 0 spiro atoms. The van der Waals surface area contributed by atoms with Crippen molar-refractivity contribution in [3.8, 4) is 0 Å². The molecule has 12 nitrogen and oxygen atoms in total. The van der Waals surface area contributed by atoms with Gasteiger partial charge in [0.1, 0.15) is 30.6 Å². The van der Waals surface area contributed by atoms with E-state index in [1.165, 1.54) is 10.9 Å². The molecule has 7 rings (SSSR count). The van der Waals surface area contributed by atoms with Gasteiger partial charge in [-0.25, -0.2) is 4.98 Å². The zero-order valence-corrected chi connectivity index (χ0v) is 22.9. The Kier molecular flexibility index (Phi) is 6.31. The summed E-state index contributed by atoms with van der Waals surface area (Å²) in [5.41, 5.74) is 2.78. The van der Waals surface area contributed by atoms with Crippen LogP contribution in [0.15, 0.2) is 47.5 Å². The molecule has 1 aliphatic carbocycles. The Bertz CT molecular complexity index is 1920. The Morgan fingerprint density at radius 1 is 1.02 bits per heavy atom. The molecule has 7 atom stereocenters. The van der Waals surface area contributed by atoms with Crippen molar-refractivity contribution in [3.63, 3.8) is 0 Å². The second-order valence-electron chi connectivity index (χ2n) is 11.2. The standard InChI is InChI=1S/C30H31N5O7/c1-12-13(2)21-16(15-6-4-3-5-14(12)15)7-8-17-22(21)23(26(39)27(40)25(17)38)32-30-33-28-24(29(41)34-30)31-11-35(28)20-9-18(37)19(10-36)42-20/h3-8,11,18-20,23,25-27,36-40H,9-10H2,1-2H3,(H2,32,33,34,41)/t18-,19+,20+,23?,25?,26?,27?/m0/s1. The smallest absolute Gasteiger partial charge is 0.280 e. The molecular weight excluding hydrogens is 542 g/mol. The van der Waals surface area contributed by atoms with Crippen molar-refractivity contribution >= 4 is 38.7 Å². The molecule has 7 N–H and O–H groups in total. The number of fused-ring (bicyclic) bond motifs is 6. The summed E-state index contributed by atoms with van der Waals surface area (Å²) in [5.74, 6) is 0.0114. The maximum atomic E-state index is 13.1. The Morgan fingerprint density at radius 3 is 2.52 bits per heavy atom. The van der Waals surface area contributed by atoms with E-state index in [0.29, 0.717) is 11.1 Å². The van der Waals surface area contributed by atoms with E-state index in [-0.39, 0.29) is 30.1 Å². The lowest BCUT2D eigenvalue weighted by Gasteiger charge is -2.39. The number of nitrogens with one attached hydrogen (secondary N) is 2. The van der Waals surface area contributed by atoms with Crippen molar-refractivity contribution < 1.29 is 30.3 Å². The van der Waals surface area contributed by atoms with Crippen molar-refractivity contribution in [2.75, 3.05) is 11.9 Å². The SMILES string of the molecule is Cc1c(C)c2c3c(ccc2c2ccccc12)C(O)C(O)C(O)C3Nc1nc2c(ncn2[C@H]2C[C@H](O)[C@@H](CO)O2)c(=O)[nH]1. The third-order valence-corrected chi connectivity index (χ3v) is 8.90. The van der Waals surface area contributed by atoms with E-state index in [9.17, 15) is 30.3 Å². The van der Waals surface area contributed by atoms with Crippen LogP contribution in [0.1, 0.15) is 47.0 Å². The average Bonchev–Trinajstić information content (AvgIpc) is 3.59. The molecule has 0 radical (unpaired) electrons. The van der Waals surface area contributed by atoms with Gasteiger partial charge in [0, 0.05) is 6.42 Å². The molecule has 12 heteroatoms. The molecule has 1 saturated heterocycles. The van der Waals surface area contributed by atoms with Gasteiger partial charge in [0.15, 0.2) is 11.2 Å². The summed E-state index contributed by atoms with van der Waals surface area (Å²) in [6.07, 6.45) is -5.09. The van der Waals surface area contributed by atoms with Gasteiger partial charge in [0.25, 0.3) is 5.56 Å². The summed E-state index contributed by atoms with van der Waals surface area (Å²) in [6, 6.07) is 10.8. The number of imidazole rings is 1. The lowest BCUT2D eigenvalue weighted by Crippen LogP contribution is -2.45. The molecule has 42 heavy (non-hydrogen) atoms. The third kappa shape index (κ3) is 3.87. The molecule has 218 valence electrons. The maximum Gasteiger partial charge on any atom is 0.280 e. The highest BCUT2D eigenvalue weighted by Crippen LogP contribution is 2.45. The number of ether oxygens (including phenoxy) is 1. The van der Waals surface area contributed by atoms with Gasteiger partial charge in [-0.2, -0.15) is 4.98 Å². The van der Waals surface area contributed by atoms with Crippen molar-refractivity contribution in [1.29, 1.82) is 0 Å². The predicted molar refractivity (Wildman–Crippen MR) is 154 cm³/mol. The molecule has 3 aromatic carbocycles. The molecule has 2 aromatic heterocycles. The summed E-state index contributed by atoms with van der Waals surface area (Å²) in [7, 11) is 0. The van der Waals surface area contributed by atoms with Crippen LogP contribution in [0.5, 0.6) is 0 Å². The molecule has 0 bridgehead atoms.